The maximum absolute atomic E-state index is 14.0. The number of hydrogen-bond donors (Lipinski definition) is 0. The fourth-order valence-electron chi connectivity index (χ4n) is 6.88. The van der Waals surface area contributed by atoms with E-state index in [-0.39, 0.29) is 45.4 Å². The number of benzene rings is 2. The average molecular weight is 618 g/mol. The first-order valence-electron chi connectivity index (χ1n) is 15.3. The molecule has 0 bridgehead atoms. The highest BCUT2D eigenvalue weighted by Crippen LogP contribution is 2.55. The Balaban J connectivity index is 1.73. The van der Waals surface area contributed by atoms with Crippen LogP contribution in [0.2, 0.25) is 0 Å². The summed E-state index contributed by atoms with van der Waals surface area (Å²) in [5.74, 6) is -0.202. The maximum atomic E-state index is 14.0. The van der Waals surface area contributed by atoms with Crippen molar-refractivity contribution < 1.29 is 26.9 Å². The molecule has 5 rings (SSSR count). The lowest BCUT2D eigenvalue weighted by Gasteiger charge is -2.48. The number of nitrogens with zero attached hydrogens (tertiary/aromatic N) is 1. The summed E-state index contributed by atoms with van der Waals surface area (Å²) in [6.45, 7) is 16.3. The largest absolute Gasteiger partial charge is 0.490 e. The lowest BCUT2D eigenvalue weighted by atomic mass is 9.63. The molecule has 44 heavy (non-hydrogen) atoms. The molecular formula is C36H43NO6S. The van der Waals surface area contributed by atoms with Gasteiger partial charge in [0.05, 0.1) is 6.61 Å². The van der Waals surface area contributed by atoms with Crippen LogP contribution in [-0.2, 0) is 26.1 Å². The molecule has 0 unspecified atom stereocenters. The highest BCUT2D eigenvalue weighted by atomic mass is 32.2. The fraction of sp³-hybridized carbons (Fsp3) is 0.444. The normalized spacial score (nSPS) is 19.9. The predicted octanol–water partition coefficient (Wildman–Crippen LogP) is 7.21. The maximum Gasteiger partial charge on any atom is 0.339 e. The molecule has 0 saturated heterocycles. The summed E-state index contributed by atoms with van der Waals surface area (Å²) in [7, 11) is -2.21. The van der Waals surface area contributed by atoms with Gasteiger partial charge in [-0.05, 0) is 67.7 Å². The van der Waals surface area contributed by atoms with Crippen LogP contribution in [-0.4, -0.2) is 38.5 Å². The second kappa shape index (κ2) is 11.4. The van der Waals surface area contributed by atoms with E-state index in [2.05, 4.69) is 39.2 Å². The van der Waals surface area contributed by atoms with E-state index >= 15 is 0 Å². The van der Waals surface area contributed by atoms with Crippen molar-refractivity contribution in [2.45, 2.75) is 84.5 Å². The molecule has 0 saturated carbocycles. The number of Topliss-reactive ketones (excluding diaryl/α,β-unsaturated/α-hetero) is 2. The Kier molecular flexibility index (Phi) is 8.21. The molecule has 2 aliphatic carbocycles. The molecule has 7 nitrogen and oxygen atoms in total. The average Bonchev–Trinajstić information content (AvgIpc) is 2.91. The molecule has 0 atom stereocenters. The van der Waals surface area contributed by atoms with Crippen molar-refractivity contribution in [2.75, 3.05) is 13.7 Å². The summed E-state index contributed by atoms with van der Waals surface area (Å²) in [6, 6.07) is 10.1. The lowest BCUT2D eigenvalue weighted by Crippen LogP contribution is -2.43. The van der Waals surface area contributed by atoms with Gasteiger partial charge in [0.2, 0.25) is 0 Å². The van der Waals surface area contributed by atoms with Gasteiger partial charge in [-0.2, -0.15) is 8.42 Å². The first-order valence-corrected chi connectivity index (χ1v) is 16.7. The number of ketones is 2. The summed E-state index contributed by atoms with van der Waals surface area (Å²) in [5.41, 5.74) is 4.94. The van der Waals surface area contributed by atoms with Crippen LogP contribution in [0.15, 0.2) is 76.5 Å². The molecule has 0 fully saturated rings. The van der Waals surface area contributed by atoms with E-state index in [9.17, 15) is 18.0 Å². The first kappa shape index (κ1) is 31.8. The van der Waals surface area contributed by atoms with Gasteiger partial charge in [-0.25, -0.2) is 0 Å². The number of rotatable bonds is 8. The minimum absolute atomic E-state index is 0.0304. The number of aryl methyl sites for hydroxylation is 1. The monoisotopic (exact) mass is 617 g/mol. The summed E-state index contributed by atoms with van der Waals surface area (Å²) < 4.78 is 38.7. The third-order valence-corrected chi connectivity index (χ3v) is 10.1. The van der Waals surface area contributed by atoms with Crippen LogP contribution >= 0.6 is 0 Å². The molecule has 0 spiro atoms. The Morgan fingerprint density at radius 3 is 1.98 bits per heavy atom. The molecule has 3 aliphatic rings. The third-order valence-electron chi connectivity index (χ3n) is 8.83. The van der Waals surface area contributed by atoms with Gasteiger partial charge in [-0.15, -0.1) is 6.58 Å². The smallest absolute Gasteiger partial charge is 0.339 e. The van der Waals surface area contributed by atoms with E-state index in [0.29, 0.717) is 54.4 Å². The first-order chi connectivity index (χ1) is 20.6. The molecule has 0 aromatic heterocycles. The molecule has 234 valence electrons. The predicted molar refractivity (Wildman–Crippen MR) is 171 cm³/mol. The number of hydrogen-bond acceptors (Lipinski definition) is 7. The zero-order valence-electron chi connectivity index (χ0n) is 26.9. The molecular weight excluding hydrogens is 574 g/mol. The Bertz CT molecular complexity index is 1660. The van der Waals surface area contributed by atoms with Crippen LogP contribution in [0.4, 0.5) is 0 Å². The minimum Gasteiger partial charge on any atom is -0.490 e. The molecule has 8 heteroatoms. The van der Waals surface area contributed by atoms with E-state index in [1.807, 2.05) is 27.0 Å². The van der Waals surface area contributed by atoms with Gasteiger partial charge in [0.25, 0.3) is 0 Å². The van der Waals surface area contributed by atoms with Crippen molar-refractivity contribution in [3.8, 4) is 11.5 Å². The zero-order chi connectivity index (χ0) is 32.2. The number of carbonyl (C=O) groups excluding carboxylic acids is 2. The summed E-state index contributed by atoms with van der Waals surface area (Å²) in [6.07, 6.45) is 4.14. The van der Waals surface area contributed by atoms with Crippen molar-refractivity contribution in [2.24, 2.45) is 10.8 Å². The topological polar surface area (TPSA) is 90.0 Å². The molecule has 1 heterocycles. The van der Waals surface area contributed by atoms with E-state index in [1.165, 1.54) is 12.1 Å². The van der Waals surface area contributed by atoms with E-state index in [4.69, 9.17) is 8.92 Å². The molecule has 0 N–H and O–H groups in total. The number of carbonyl (C=O) groups is 2. The van der Waals surface area contributed by atoms with Crippen molar-refractivity contribution in [1.82, 2.24) is 4.90 Å². The van der Waals surface area contributed by atoms with Crippen molar-refractivity contribution in [1.29, 1.82) is 0 Å². The Hall–Kier alpha value is -3.65. The van der Waals surface area contributed by atoms with Crippen LogP contribution in [0.5, 0.6) is 11.5 Å². The number of allylic oxidation sites excluding steroid dienone is 5. The van der Waals surface area contributed by atoms with E-state index in [1.54, 1.807) is 24.3 Å². The molecule has 0 radical (unpaired) electrons. The molecule has 2 aromatic rings. The van der Waals surface area contributed by atoms with Crippen molar-refractivity contribution in [3.63, 3.8) is 0 Å². The van der Waals surface area contributed by atoms with Crippen molar-refractivity contribution in [3.05, 3.63) is 88.3 Å². The van der Waals surface area contributed by atoms with Gasteiger partial charge in [-0.1, -0.05) is 57.5 Å². The van der Waals surface area contributed by atoms with Crippen LogP contribution in [0.25, 0.3) is 0 Å². The quantitative estimate of drug-likeness (QED) is 0.228. The van der Waals surface area contributed by atoms with E-state index < -0.39 is 16.0 Å². The van der Waals surface area contributed by atoms with Gasteiger partial charge in [0.15, 0.2) is 23.1 Å². The van der Waals surface area contributed by atoms with Gasteiger partial charge < -0.3 is 13.8 Å². The molecule has 2 aromatic carbocycles. The summed E-state index contributed by atoms with van der Waals surface area (Å²) in [4.78, 5) is 30.1. The van der Waals surface area contributed by atoms with Crippen LogP contribution in [0.3, 0.4) is 0 Å². The third kappa shape index (κ3) is 5.88. The Morgan fingerprint density at radius 2 is 1.48 bits per heavy atom. The Morgan fingerprint density at radius 1 is 0.932 bits per heavy atom. The van der Waals surface area contributed by atoms with E-state index in [0.717, 1.165) is 17.0 Å². The van der Waals surface area contributed by atoms with Crippen LogP contribution < -0.4 is 8.92 Å². The van der Waals surface area contributed by atoms with Gasteiger partial charge >= 0.3 is 10.1 Å². The van der Waals surface area contributed by atoms with Crippen LogP contribution in [0.1, 0.15) is 82.9 Å². The Labute approximate surface area is 261 Å². The van der Waals surface area contributed by atoms with Crippen molar-refractivity contribution >= 4 is 21.7 Å². The molecule has 1 aliphatic heterocycles. The lowest BCUT2D eigenvalue weighted by molar-refractivity contribution is -0.119. The fourth-order valence-corrected chi connectivity index (χ4v) is 7.85. The summed E-state index contributed by atoms with van der Waals surface area (Å²) in [5, 5.41) is 0. The van der Waals surface area contributed by atoms with Gasteiger partial charge in [-0.3, -0.25) is 9.59 Å². The van der Waals surface area contributed by atoms with Gasteiger partial charge in [0, 0.05) is 53.9 Å². The minimum atomic E-state index is -4.19. The second-order valence-electron chi connectivity index (χ2n) is 13.9. The highest BCUT2D eigenvalue weighted by Gasteiger charge is 2.48. The van der Waals surface area contributed by atoms with Gasteiger partial charge in [0.1, 0.15) is 4.90 Å². The zero-order valence-corrected chi connectivity index (χ0v) is 27.7. The standard InChI is InChI=1S/C36H43NO6S/c1-9-11-23-16-24(17-30(42-10-2)34(23)43-44(40,41)25-14-12-22(3)13-15-25)31-32-26(18-35(4,5)20-28(32)38)37(8)27-19-36(6,7)21-29(39)33(27)31/h9,12-17,31H,1,10-11,18-21H2,2-8H3. The van der Waals surface area contributed by atoms with Crippen LogP contribution in [0, 0.1) is 17.8 Å². The SMILES string of the molecule is C=CCc1cc(C2C3=C(CC(C)(C)CC3=O)N(C)C3=C2C(=O)CC(C)(C)C3)cc(OCC)c1OS(=O)(=O)c1ccc(C)cc1. The number of ether oxygens (including phenoxy) is 1. The second-order valence-corrected chi connectivity index (χ2v) is 15.4. The highest BCUT2D eigenvalue weighted by molar-refractivity contribution is 7.87. The molecule has 0 amide bonds. The summed E-state index contributed by atoms with van der Waals surface area (Å²) >= 11 is 0.